The quantitative estimate of drug-likeness (QED) is 0.771. The second-order valence-corrected chi connectivity index (χ2v) is 5.76. The largest absolute Gasteiger partial charge is 0.405 e. The predicted octanol–water partition coefficient (Wildman–Crippen LogP) is 1.13. The maximum absolute atomic E-state index is 12.1. The number of alkyl halides is 3. The number of amides is 1. The van der Waals surface area contributed by atoms with Gasteiger partial charge < -0.3 is 10.6 Å². The lowest BCUT2D eigenvalue weighted by Crippen LogP contribution is -2.45. The second kappa shape index (κ2) is 6.76. The molecule has 7 heteroatoms. The highest BCUT2D eigenvalue weighted by Gasteiger charge is 2.33. The van der Waals surface area contributed by atoms with Crippen LogP contribution >= 0.6 is 0 Å². The fourth-order valence-corrected chi connectivity index (χ4v) is 2.63. The molecule has 0 bridgehead atoms. The molecule has 116 valence electrons. The maximum atomic E-state index is 12.1. The first-order valence-electron chi connectivity index (χ1n) is 7.22. The van der Waals surface area contributed by atoms with Crippen molar-refractivity contribution in [3.63, 3.8) is 0 Å². The van der Waals surface area contributed by atoms with Crippen molar-refractivity contribution in [3.05, 3.63) is 0 Å². The van der Waals surface area contributed by atoms with Crippen molar-refractivity contribution >= 4 is 5.91 Å². The first kappa shape index (κ1) is 15.6. The van der Waals surface area contributed by atoms with Crippen LogP contribution in [0.4, 0.5) is 13.2 Å². The van der Waals surface area contributed by atoms with Crippen LogP contribution in [0.1, 0.15) is 25.7 Å². The minimum atomic E-state index is -4.34. The Kier molecular flexibility index (Phi) is 5.26. The number of nitrogens with one attached hydrogen (secondary N) is 2. The zero-order valence-corrected chi connectivity index (χ0v) is 11.5. The molecule has 1 saturated carbocycles. The Labute approximate surface area is 117 Å². The van der Waals surface area contributed by atoms with E-state index in [1.165, 1.54) is 0 Å². The Morgan fingerprint density at radius 2 is 2.05 bits per heavy atom. The summed E-state index contributed by atoms with van der Waals surface area (Å²) in [5.74, 6) is -0.0299. The molecule has 1 heterocycles. The van der Waals surface area contributed by atoms with Crippen LogP contribution in [0, 0.1) is 5.92 Å². The molecular formula is C13H22F3N3O. The summed E-state index contributed by atoms with van der Waals surface area (Å²) in [5, 5.41) is 5.27. The number of hydrogen-bond donors (Lipinski definition) is 2. The number of piperidine rings is 1. The van der Waals surface area contributed by atoms with E-state index >= 15 is 0 Å². The molecule has 2 N–H and O–H groups in total. The van der Waals surface area contributed by atoms with Crippen molar-refractivity contribution < 1.29 is 18.0 Å². The molecule has 0 aromatic carbocycles. The second-order valence-electron chi connectivity index (χ2n) is 5.76. The summed E-state index contributed by atoms with van der Waals surface area (Å²) in [5.41, 5.74) is 0. The summed E-state index contributed by atoms with van der Waals surface area (Å²) in [7, 11) is 0. The third kappa shape index (κ3) is 5.66. The Bertz CT molecular complexity index is 325. The lowest BCUT2D eigenvalue weighted by Gasteiger charge is -2.29. The number of rotatable bonds is 6. The Morgan fingerprint density at radius 3 is 2.60 bits per heavy atom. The molecule has 1 atom stereocenters. The third-order valence-electron chi connectivity index (χ3n) is 3.79. The molecule has 1 unspecified atom stereocenters. The van der Waals surface area contributed by atoms with Gasteiger partial charge in [0.05, 0.1) is 6.54 Å². The highest BCUT2D eigenvalue weighted by molar-refractivity contribution is 5.78. The van der Waals surface area contributed by atoms with Crippen LogP contribution in [0.2, 0.25) is 0 Å². The molecule has 0 spiro atoms. The minimum absolute atomic E-state index is 0.0806. The van der Waals surface area contributed by atoms with E-state index in [0.717, 1.165) is 45.3 Å². The SMILES string of the molecule is O=C(CN(CC1CCCNC1)C1CC1)NCC(F)(F)F. The van der Waals surface area contributed by atoms with Crippen molar-refractivity contribution in [1.29, 1.82) is 0 Å². The molecule has 2 rings (SSSR count). The van der Waals surface area contributed by atoms with E-state index in [0.29, 0.717) is 12.0 Å². The lowest BCUT2D eigenvalue weighted by molar-refractivity contribution is -0.139. The van der Waals surface area contributed by atoms with Crippen molar-refractivity contribution in [2.75, 3.05) is 32.7 Å². The van der Waals surface area contributed by atoms with Crippen LogP contribution in [0.5, 0.6) is 0 Å². The normalized spacial score (nSPS) is 23.9. The van der Waals surface area contributed by atoms with Gasteiger partial charge in [-0.15, -0.1) is 0 Å². The van der Waals surface area contributed by atoms with Crippen LogP contribution in [0.15, 0.2) is 0 Å². The number of halogens is 3. The lowest BCUT2D eigenvalue weighted by atomic mass is 9.99. The van der Waals surface area contributed by atoms with E-state index in [9.17, 15) is 18.0 Å². The zero-order valence-electron chi connectivity index (χ0n) is 11.5. The smallest absolute Gasteiger partial charge is 0.346 e. The molecule has 4 nitrogen and oxygen atoms in total. The maximum Gasteiger partial charge on any atom is 0.405 e. The van der Waals surface area contributed by atoms with Gasteiger partial charge in [-0.1, -0.05) is 0 Å². The first-order chi connectivity index (χ1) is 9.44. The highest BCUT2D eigenvalue weighted by Crippen LogP contribution is 2.28. The molecule has 2 fully saturated rings. The van der Waals surface area contributed by atoms with Crippen molar-refractivity contribution in [2.45, 2.75) is 37.9 Å². The summed E-state index contributed by atoms with van der Waals surface area (Å²) < 4.78 is 36.2. The van der Waals surface area contributed by atoms with Crippen LogP contribution in [-0.4, -0.2) is 55.7 Å². The third-order valence-corrected chi connectivity index (χ3v) is 3.79. The topological polar surface area (TPSA) is 44.4 Å². The average molecular weight is 293 g/mol. The first-order valence-corrected chi connectivity index (χ1v) is 7.22. The highest BCUT2D eigenvalue weighted by atomic mass is 19.4. The Hall–Kier alpha value is -0.820. The number of nitrogens with zero attached hydrogens (tertiary/aromatic N) is 1. The van der Waals surface area contributed by atoms with Gasteiger partial charge in [-0.3, -0.25) is 9.69 Å². The van der Waals surface area contributed by atoms with E-state index in [-0.39, 0.29) is 6.54 Å². The zero-order chi connectivity index (χ0) is 14.6. The van der Waals surface area contributed by atoms with Gasteiger partial charge >= 0.3 is 6.18 Å². The Morgan fingerprint density at radius 1 is 1.30 bits per heavy atom. The summed E-state index contributed by atoms with van der Waals surface area (Å²) in [6, 6.07) is 0.383. The molecule has 1 saturated heterocycles. The van der Waals surface area contributed by atoms with Gasteiger partial charge in [0, 0.05) is 12.6 Å². The molecule has 1 aliphatic heterocycles. The minimum Gasteiger partial charge on any atom is -0.346 e. The summed E-state index contributed by atoms with van der Waals surface area (Å²) in [4.78, 5) is 13.7. The van der Waals surface area contributed by atoms with Crippen molar-refractivity contribution in [1.82, 2.24) is 15.5 Å². The molecule has 0 radical (unpaired) electrons. The molecule has 1 amide bonds. The van der Waals surface area contributed by atoms with Crippen molar-refractivity contribution in [3.8, 4) is 0 Å². The number of carbonyl (C=O) groups is 1. The predicted molar refractivity (Wildman–Crippen MR) is 69.3 cm³/mol. The van der Waals surface area contributed by atoms with Gasteiger partial charge in [-0.05, 0) is 44.7 Å². The van der Waals surface area contributed by atoms with Gasteiger partial charge in [0.1, 0.15) is 6.54 Å². The van der Waals surface area contributed by atoms with E-state index in [1.807, 2.05) is 10.2 Å². The van der Waals surface area contributed by atoms with E-state index in [4.69, 9.17) is 0 Å². The standard InChI is InChI=1S/C13H22F3N3O/c14-13(15,16)9-18-12(20)8-19(11-3-4-11)7-10-2-1-5-17-6-10/h10-11,17H,1-9H2,(H,18,20). The number of carbonyl (C=O) groups excluding carboxylic acids is 1. The van der Waals surface area contributed by atoms with Gasteiger partial charge in [0.2, 0.25) is 5.91 Å². The fourth-order valence-electron chi connectivity index (χ4n) is 2.63. The van der Waals surface area contributed by atoms with Crippen molar-refractivity contribution in [2.24, 2.45) is 5.92 Å². The molecule has 1 aliphatic carbocycles. The van der Waals surface area contributed by atoms with Gasteiger partial charge in [-0.2, -0.15) is 13.2 Å². The molecule has 0 aromatic rings. The summed E-state index contributed by atoms with van der Waals surface area (Å²) in [6.07, 6.45) is 0.0105. The average Bonchev–Trinajstić information content (AvgIpc) is 3.20. The van der Waals surface area contributed by atoms with E-state index in [2.05, 4.69) is 5.32 Å². The molecule has 2 aliphatic rings. The molecular weight excluding hydrogens is 271 g/mol. The molecule has 0 aromatic heterocycles. The van der Waals surface area contributed by atoms with Crippen LogP contribution in [0.25, 0.3) is 0 Å². The fraction of sp³-hybridized carbons (Fsp3) is 0.923. The van der Waals surface area contributed by atoms with Crippen LogP contribution in [0.3, 0.4) is 0 Å². The Balaban J connectivity index is 1.75. The van der Waals surface area contributed by atoms with Crippen LogP contribution < -0.4 is 10.6 Å². The summed E-state index contributed by atoms with van der Waals surface area (Å²) in [6.45, 7) is 1.61. The molecule has 20 heavy (non-hydrogen) atoms. The van der Waals surface area contributed by atoms with Crippen LogP contribution in [-0.2, 0) is 4.79 Å². The summed E-state index contributed by atoms with van der Waals surface area (Å²) >= 11 is 0. The van der Waals surface area contributed by atoms with Gasteiger partial charge in [0.25, 0.3) is 0 Å². The monoisotopic (exact) mass is 293 g/mol. The van der Waals surface area contributed by atoms with E-state index in [1.54, 1.807) is 0 Å². The van der Waals surface area contributed by atoms with Gasteiger partial charge in [-0.25, -0.2) is 0 Å². The van der Waals surface area contributed by atoms with Gasteiger partial charge in [0.15, 0.2) is 0 Å². The number of hydrogen-bond acceptors (Lipinski definition) is 3. The van der Waals surface area contributed by atoms with E-state index < -0.39 is 18.6 Å².